The number of sulfone groups is 1. The molecule has 2 aromatic rings. The Morgan fingerprint density at radius 1 is 1.21 bits per heavy atom. The van der Waals surface area contributed by atoms with Crippen molar-refractivity contribution in [2.24, 2.45) is 0 Å². The summed E-state index contributed by atoms with van der Waals surface area (Å²) in [5.41, 5.74) is -0.434. The van der Waals surface area contributed by atoms with Crippen LogP contribution in [0.4, 0.5) is 26.3 Å². The van der Waals surface area contributed by atoms with Gasteiger partial charge in [0.25, 0.3) is 5.91 Å². The second-order valence-corrected chi connectivity index (χ2v) is 9.43. The second kappa shape index (κ2) is 8.50. The molecule has 8 nitrogen and oxygen atoms in total. The first kappa shape index (κ1) is 24.8. The number of alkyl halides is 6. The number of carbonyl (C=O) groups is 1. The van der Waals surface area contributed by atoms with Gasteiger partial charge in [-0.2, -0.15) is 26.3 Å². The summed E-state index contributed by atoms with van der Waals surface area (Å²) in [7, 11) is -3.81. The maximum absolute atomic E-state index is 13.0. The van der Waals surface area contributed by atoms with Crippen molar-refractivity contribution in [3.05, 3.63) is 35.5 Å². The van der Waals surface area contributed by atoms with Gasteiger partial charge >= 0.3 is 18.2 Å². The minimum atomic E-state index is -4.84. The summed E-state index contributed by atoms with van der Waals surface area (Å²) in [6.45, 7) is 0.554. The lowest BCUT2D eigenvalue weighted by molar-refractivity contribution is -0.189. The van der Waals surface area contributed by atoms with Crippen molar-refractivity contribution in [1.29, 1.82) is 0 Å². The minimum absolute atomic E-state index is 0.00456. The van der Waals surface area contributed by atoms with E-state index < -0.39 is 57.3 Å². The molecule has 1 fully saturated rings. The van der Waals surface area contributed by atoms with Crippen LogP contribution in [-0.2, 0) is 16.0 Å². The van der Waals surface area contributed by atoms with Gasteiger partial charge in [-0.3, -0.25) is 4.79 Å². The van der Waals surface area contributed by atoms with Crippen LogP contribution in [0.15, 0.2) is 27.5 Å². The highest BCUT2D eigenvalue weighted by molar-refractivity contribution is 7.90. The first-order valence-electron chi connectivity index (χ1n) is 9.34. The molecule has 2 unspecified atom stereocenters. The monoisotopic (exact) mass is 501 g/mol. The fourth-order valence-corrected chi connectivity index (χ4v) is 3.74. The highest BCUT2D eigenvalue weighted by Crippen LogP contribution is 2.34. The van der Waals surface area contributed by atoms with Gasteiger partial charge in [-0.05, 0) is 31.5 Å². The van der Waals surface area contributed by atoms with E-state index in [9.17, 15) is 39.6 Å². The molecule has 0 N–H and O–H groups in total. The van der Waals surface area contributed by atoms with Crippen molar-refractivity contribution in [3.8, 4) is 5.75 Å². The van der Waals surface area contributed by atoms with E-state index in [0.29, 0.717) is 0 Å². The van der Waals surface area contributed by atoms with Crippen LogP contribution in [0.1, 0.15) is 41.4 Å². The van der Waals surface area contributed by atoms with E-state index in [1.807, 2.05) is 0 Å². The zero-order valence-corrected chi connectivity index (χ0v) is 17.9. The molecular weight excluding hydrogens is 484 g/mol. The molecule has 33 heavy (non-hydrogen) atoms. The first-order chi connectivity index (χ1) is 15.1. The highest BCUT2D eigenvalue weighted by atomic mass is 32.2. The SMILES string of the molecule is CC(Oc1ccc(S(C)(=O)=O)cc1C(=O)N1CCC(c2nnc(C(F)(F)F)o2)C1)C(F)(F)F. The van der Waals surface area contributed by atoms with Gasteiger partial charge in [-0.1, -0.05) is 0 Å². The third-order valence-corrected chi connectivity index (χ3v) is 5.99. The maximum Gasteiger partial charge on any atom is 0.470 e. The van der Waals surface area contributed by atoms with Crippen LogP contribution < -0.4 is 4.74 Å². The van der Waals surface area contributed by atoms with Crippen LogP contribution in [0.25, 0.3) is 0 Å². The Labute approximate surface area is 183 Å². The largest absolute Gasteiger partial charge is 0.480 e. The fourth-order valence-electron chi connectivity index (χ4n) is 3.10. The molecule has 1 aliphatic heterocycles. The average molecular weight is 501 g/mol. The van der Waals surface area contributed by atoms with E-state index in [0.717, 1.165) is 36.3 Å². The molecule has 15 heteroatoms. The molecule has 2 heterocycles. The number of rotatable bonds is 5. The van der Waals surface area contributed by atoms with Crippen LogP contribution in [0, 0.1) is 0 Å². The average Bonchev–Trinajstić information content (AvgIpc) is 3.35. The van der Waals surface area contributed by atoms with E-state index in [1.54, 1.807) is 0 Å². The molecule has 1 aromatic heterocycles. The smallest absolute Gasteiger partial charge is 0.470 e. The molecule has 182 valence electrons. The van der Waals surface area contributed by atoms with E-state index in [-0.39, 0.29) is 30.3 Å². The third-order valence-electron chi connectivity index (χ3n) is 4.88. The molecule has 1 aromatic carbocycles. The molecule has 1 aliphatic rings. The number of aromatic nitrogens is 2. The second-order valence-electron chi connectivity index (χ2n) is 7.41. The molecule has 0 radical (unpaired) electrons. The Morgan fingerprint density at radius 2 is 1.88 bits per heavy atom. The van der Waals surface area contributed by atoms with Gasteiger partial charge in [-0.15, -0.1) is 10.2 Å². The Balaban J connectivity index is 1.88. The summed E-state index contributed by atoms with van der Waals surface area (Å²) in [6.07, 6.45) is -10.9. The molecular formula is C18H17F6N3O5S. The number of hydrogen-bond donors (Lipinski definition) is 0. The lowest BCUT2D eigenvalue weighted by atomic mass is 10.1. The van der Waals surface area contributed by atoms with Crippen molar-refractivity contribution in [3.63, 3.8) is 0 Å². The molecule has 1 saturated heterocycles. The Bertz CT molecular complexity index is 1150. The van der Waals surface area contributed by atoms with Gasteiger partial charge in [0.1, 0.15) is 5.75 Å². The number of halogens is 6. The zero-order valence-electron chi connectivity index (χ0n) is 17.1. The summed E-state index contributed by atoms with van der Waals surface area (Å²) in [5, 5.41) is 6.29. The van der Waals surface area contributed by atoms with Crippen LogP contribution in [0.3, 0.4) is 0 Å². The third kappa shape index (κ3) is 5.57. The number of ether oxygens (including phenoxy) is 1. The molecule has 3 rings (SSSR count). The quantitative estimate of drug-likeness (QED) is 0.579. The van der Waals surface area contributed by atoms with Crippen molar-refractivity contribution >= 4 is 15.7 Å². The van der Waals surface area contributed by atoms with Gasteiger partial charge in [0.15, 0.2) is 15.9 Å². The fraction of sp³-hybridized carbons (Fsp3) is 0.500. The lowest BCUT2D eigenvalue weighted by Gasteiger charge is -2.22. The molecule has 0 spiro atoms. The van der Waals surface area contributed by atoms with E-state index in [1.165, 1.54) is 0 Å². The standard InChI is InChI=1S/C18H17F6N3O5S/c1-9(17(19,20)21)31-13-4-3-11(33(2,29)30)7-12(13)15(28)27-6-5-10(8-27)14-25-26-16(32-14)18(22,23)24/h3-4,7,9-10H,5-6,8H2,1-2H3. The predicted octanol–water partition coefficient (Wildman–Crippen LogP) is 3.45. The van der Waals surface area contributed by atoms with Gasteiger partial charge in [0, 0.05) is 19.3 Å². The molecule has 1 amide bonds. The molecule has 2 atom stereocenters. The van der Waals surface area contributed by atoms with Crippen molar-refractivity contribution in [1.82, 2.24) is 15.1 Å². The Hall–Kier alpha value is -2.84. The van der Waals surface area contributed by atoms with Crippen molar-refractivity contribution in [2.45, 2.75) is 42.6 Å². The summed E-state index contributed by atoms with van der Waals surface area (Å²) >= 11 is 0. The van der Waals surface area contributed by atoms with Crippen molar-refractivity contribution in [2.75, 3.05) is 19.3 Å². The van der Waals surface area contributed by atoms with E-state index in [2.05, 4.69) is 14.6 Å². The number of amides is 1. The van der Waals surface area contributed by atoms with Crippen LogP contribution >= 0.6 is 0 Å². The summed E-state index contributed by atoms with van der Waals surface area (Å²) in [4.78, 5) is 13.9. The minimum Gasteiger partial charge on any atom is -0.480 e. The topological polar surface area (TPSA) is 103 Å². The lowest BCUT2D eigenvalue weighted by Crippen LogP contribution is -2.33. The maximum atomic E-state index is 13.0. The van der Waals surface area contributed by atoms with Gasteiger partial charge in [0.2, 0.25) is 5.89 Å². The first-order valence-corrected chi connectivity index (χ1v) is 11.2. The van der Waals surface area contributed by atoms with Gasteiger partial charge in [0.05, 0.1) is 16.4 Å². The van der Waals surface area contributed by atoms with Crippen LogP contribution in [-0.4, -0.2) is 61.0 Å². The Kier molecular flexibility index (Phi) is 6.39. The summed E-state index contributed by atoms with van der Waals surface area (Å²) in [5.74, 6) is -3.97. The summed E-state index contributed by atoms with van der Waals surface area (Å²) < 4.78 is 110. The zero-order chi connectivity index (χ0) is 24.8. The van der Waals surface area contributed by atoms with E-state index in [4.69, 9.17) is 4.74 Å². The van der Waals surface area contributed by atoms with Crippen LogP contribution in [0.2, 0.25) is 0 Å². The van der Waals surface area contributed by atoms with Gasteiger partial charge in [-0.25, -0.2) is 8.42 Å². The number of nitrogens with zero attached hydrogens (tertiary/aromatic N) is 3. The predicted molar refractivity (Wildman–Crippen MR) is 98.3 cm³/mol. The molecule has 0 saturated carbocycles. The van der Waals surface area contributed by atoms with Crippen molar-refractivity contribution < 1.29 is 48.7 Å². The molecule has 0 bridgehead atoms. The Morgan fingerprint density at radius 3 is 2.42 bits per heavy atom. The molecule has 0 aliphatic carbocycles. The van der Waals surface area contributed by atoms with Crippen LogP contribution in [0.5, 0.6) is 5.75 Å². The normalized spacial score (nSPS) is 18.4. The number of benzene rings is 1. The summed E-state index contributed by atoms with van der Waals surface area (Å²) in [6, 6.07) is 2.86. The highest BCUT2D eigenvalue weighted by Gasteiger charge is 2.41. The van der Waals surface area contributed by atoms with E-state index >= 15 is 0 Å². The number of likely N-dealkylation sites (tertiary alicyclic amines) is 1. The number of hydrogen-bond acceptors (Lipinski definition) is 7. The van der Waals surface area contributed by atoms with Gasteiger partial charge < -0.3 is 14.1 Å². The number of carbonyl (C=O) groups excluding carboxylic acids is 1.